The van der Waals surface area contributed by atoms with E-state index >= 15 is 0 Å². The highest BCUT2D eigenvalue weighted by Crippen LogP contribution is 2.53. The van der Waals surface area contributed by atoms with Crippen LogP contribution in [-0.4, -0.2) is 44.0 Å². The molecule has 1 fully saturated rings. The number of nitrogens with one attached hydrogen (secondary N) is 1. The van der Waals surface area contributed by atoms with Gasteiger partial charge in [0.25, 0.3) is 0 Å². The van der Waals surface area contributed by atoms with Crippen molar-refractivity contribution in [2.75, 3.05) is 5.73 Å². The Labute approximate surface area is 202 Å². The van der Waals surface area contributed by atoms with Crippen LogP contribution in [-0.2, 0) is 18.6 Å². The number of ether oxygens (including phenoxy) is 1. The first-order valence-electron chi connectivity index (χ1n) is 11.0. The van der Waals surface area contributed by atoms with E-state index in [2.05, 4.69) is 15.1 Å². The summed E-state index contributed by atoms with van der Waals surface area (Å²) in [6.07, 6.45) is 1.51. The largest absolute Gasteiger partial charge is 0.462 e. The third-order valence-electron chi connectivity index (χ3n) is 4.94. The number of esters is 1. The van der Waals surface area contributed by atoms with Crippen LogP contribution in [0.5, 0.6) is 5.75 Å². The van der Waals surface area contributed by atoms with Crippen LogP contribution in [0.3, 0.4) is 0 Å². The summed E-state index contributed by atoms with van der Waals surface area (Å²) in [5.41, 5.74) is 4.98. The number of nitrogens with zero attached hydrogens (tertiary/aromatic N) is 3. The van der Waals surface area contributed by atoms with E-state index in [1.54, 1.807) is 44.2 Å². The van der Waals surface area contributed by atoms with Crippen LogP contribution in [0.2, 0.25) is 0 Å². The Morgan fingerprint density at radius 3 is 2.65 bits per heavy atom. The maximum Gasteiger partial charge on any atom is 0.459 e. The van der Waals surface area contributed by atoms with Crippen LogP contribution in [0.15, 0.2) is 41.5 Å². The summed E-state index contributed by atoms with van der Waals surface area (Å²) >= 11 is 1.49. The molecule has 2 heterocycles. The molecule has 1 aromatic heterocycles. The molecule has 11 nitrogen and oxygen atoms in total. The number of carbonyl (C=O) groups is 1. The first kappa shape index (κ1) is 26.2. The van der Waals surface area contributed by atoms with E-state index in [9.17, 15) is 14.2 Å². The summed E-state index contributed by atoms with van der Waals surface area (Å²) in [6, 6.07) is 7.61. The zero-order valence-corrected chi connectivity index (χ0v) is 21.2. The van der Waals surface area contributed by atoms with Gasteiger partial charge in [-0.25, -0.2) is 14.3 Å². The van der Waals surface area contributed by atoms with Crippen molar-refractivity contribution in [2.24, 2.45) is 0 Å². The van der Waals surface area contributed by atoms with Crippen LogP contribution in [0.25, 0.3) is 0 Å². The van der Waals surface area contributed by atoms with Crippen molar-refractivity contribution >= 4 is 31.4 Å². The average molecular weight is 512 g/mol. The fraction of sp³-hybridized carbons (Fsp3) is 0.524. The SMILES string of the molecule is CC[C@H]1S[C@@H](n2cnc(N)nc2=O)C[C@H]1OP(=O)(N[C@@H](C)C(=O)OC(C)C)Oc1ccccc1. The third kappa shape index (κ3) is 6.82. The minimum atomic E-state index is -4.03. The number of aromatic nitrogens is 3. The third-order valence-corrected chi connectivity index (χ3v) is 8.36. The van der Waals surface area contributed by atoms with Crippen LogP contribution >= 0.6 is 19.5 Å². The molecule has 0 amide bonds. The molecule has 1 unspecified atom stereocenters. The van der Waals surface area contributed by atoms with Crippen molar-refractivity contribution in [3.8, 4) is 5.75 Å². The highest BCUT2D eigenvalue weighted by atomic mass is 32.2. The molecular weight excluding hydrogens is 481 g/mol. The maximum atomic E-state index is 13.9. The average Bonchev–Trinajstić information content (AvgIpc) is 3.15. The summed E-state index contributed by atoms with van der Waals surface area (Å²) in [5, 5.41) is 2.28. The molecule has 0 saturated carbocycles. The van der Waals surface area contributed by atoms with E-state index < -0.39 is 31.6 Å². The van der Waals surface area contributed by atoms with Crippen LogP contribution in [0.4, 0.5) is 5.95 Å². The maximum absolute atomic E-state index is 13.9. The lowest BCUT2D eigenvalue weighted by Crippen LogP contribution is -2.37. The topological polar surface area (TPSA) is 148 Å². The molecule has 3 N–H and O–H groups in total. The Morgan fingerprint density at radius 1 is 1.32 bits per heavy atom. The van der Waals surface area contributed by atoms with Crippen LogP contribution in [0.1, 0.15) is 45.9 Å². The molecule has 2 aromatic rings. The number of carbonyl (C=O) groups excluding carboxylic acids is 1. The molecule has 1 aromatic carbocycles. The Kier molecular flexibility index (Phi) is 8.75. The second-order valence-corrected chi connectivity index (χ2v) is 11.1. The van der Waals surface area contributed by atoms with Gasteiger partial charge < -0.3 is 15.0 Å². The molecule has 186 valence electrons. The van der Waals surface area contributed by atoms with Gasteiger partial charge in [-0.1, -0.05) is 25.1 Å². The highest BCUT2D eigenvalue weighted by Gasteiger charge is 2.43. The summed E-state index contributed by atoms with van der Waals surface area (Å²) in [6.45, 7) is 6.96. The number of rotatable bonds is 10. The molecule has 1 aliphatic rings. The quantitative estimate of drug-likeness (QED) is 0.358. The van der Waals surface area contributed by atoms with Crippen molar-refractivity contribution in [2.45, 2.75) is 69.4 Å². The first-order chi connectivity index (χ1) is 16.1. The van der Waals surface area contributed by atoms with E-state index in [4.69, 9.17) is 19.5 Å². The van der Waals surface area contributed by atoms with Crippen molar-refractivity contribution in [1.82, 2.24) is 19.6 Å². The molecule has 0 bridgehead atoms. The number of hydrogen-bond acceptors (Lipinski definition) is 10. The summed E-state index contributed by atoms with van der Waals surface area (Å²) in [7, 11) is -4.03. The minimum Gasteiger partial charge on any atom is -0.462 e. The standard InChI is InChI=1S/C21H30N5O6PS/c1-5-17-16(11-18(34-17)26-12-23-20(22)24-21(26)28)32-33(29,31-15-9-7-6-8-10-15)25-14(4)19(27)30-13(2)3/h6-10,12-14,16-18H,5,11H2,1-4H3,(H,25,29)(H2,22,24,28)/t14-,16+,17+,18+,33?/m0/s1. The lowest BCUT2D eigenvalue weighted by Gasteiger charge is -2.27. The minimum absolute atomic E-state index is 0.0955. The fourth-order valence-electron chi connectivity index (χ4n) is 3.40. The van der Waals surface area contributed by atoms with Crippen LogP contribution < -0.4 is 21.0 Å². The van der Waals surface area contributed by atoms with Crippen molar-refractivity contribution in [3.05, 3.63) is 47.1 Å². The molecule has 0 spiro atoms. The smallest absolute Gasteiger partial charge is 0.459 e. The van der Waals surface area contributed by atoms with Gasteiger partial charge in [-0.15, -0.1) is 11.8 Å². The summed E-state index contributed by atoms with van der Waals surface area (Å²) in [5.74, 6) is -0.357. The van der Waals surface area contributed by atoms with Gasteiger partial charge in [-0.3, -0.25) is 13.9 Å². The number of nitrogens with two attached hydrogens (primary N) is 1. The molecule has 0 aliphatic carbocycles. The molecular formula is C21H30N5O6PS. The van der Waals surface area contributed by atoms with Gasteiger partial charge in [0, 0.05) is 11.7 Å². The summed E-state index contributed by atoms with van der Waals surface area (Å²) in [4.78, 5) is 32.2. The zero-order valence-electron chi connectivity index (χ0n) is 19.5. The Hall–Kier alpha value is -2.40. The molecule has 34 heavy (non-hydrogen) atoms. The number of para-hydroxylation sites is 1. The number of nitrogen functional groups attached to an aromatic ring is 1. The number of benzene rings is 1. The Balaban J connectivity index is 1.83. The van der Waals surface area contributed by atoms with E-state index in [1.165, 1.54) is 29.6 Å². The van der Waals surface area contributed by atoms with Gasteiger partial charge in [-0.05, 0) is 39.3 Å². The molecule has 1 saturated heterocycles. The lowest BCUT2D eigenvalue weighted by atomic mass is 10.1. The molecule has 3 rings (SSSR count). The second-order valence-electron chi connectivity index (χ2n) is 8.06. The van der Waals surface area contributed by atoms with Gasteiger partial charge in [0.2, 0.25) is 5.95 Å². The van der Waals surface area contributed by atoms with Crippen LogP contribution in [0, 0.1) is 0 Å². The van der Waals surface area contributed by atoms with Gasteiger partial charge in [0.05, 0.1) is 17.6 Å². The Bertz CT molecular complexity index is 1080. The summed E-state index contributed by atoms with van der Waals surface area (Å²) < 4.78 is 32.3. The first-order valence-corrected chi connectivity index (χ1v) is 13.5. The van der Waals surface area contributed by atoms with Gasteiger partial charge >= 0.3 is 19.4 Å². The van der Waals surface area contributed by atoms with Crippen molar-refractivity contribution in [3.63, 3.8) is 0 Å². The zero-order chi connectivity index (χ0) is 24.9. The van der Waals surface area contributed by atoms with Crippen molar-refractivity contribution in [1.29, 1.82) is 0 Å². The van der Waals surface area contributed by atoms with Crippen molar-refractivity contribution < 1.29 is 23.1 Å². The van der Waals surface area contributed by atoms with E-state index in [1.807, 2.05) is 6.92 Å². The molecule has 5 atom stereocenters. The van der Waals surface area contributed by atoms with Gasteiger partial charge in [-0.2, -0.15) is 10.1 Å². The monoisotopic (exact) mass is 511 g/mol. The Morgan fingerprint density at radius 2 is 2.03 bits per heavy atom. The molecule has 1 aliphatic heterocycles. The second kappa shape index (κ2) is 11.4. The van der Waals surface area contributed by atoms with Gasteiger partial charge in [0.1, 0.15) is 18.1 Å². The van der Waals surface area contributed by atoms with E-state index in [0.29, 0.717) is 18.6 Å². The molecule has 13 heteroatoms. The number of anilines is 1. The lowest BCUT2D eigenvalue weighted by molar-refractivity contribution is -0.149. The number of hydrogen-bond donors (Lipinski definition) is 2. The fourth-order valence-corrected chi connectivity index (χ4v) is 6.72. The predicted molar refractivity (Wildman–Crippen MR) is 129 cm³/mol. The van der Waals surface area contributed by atoms with E-state index in [-0.39, 0.29) is 22.7 Å². The van der Waals surface area contributed by atoms with E-state index in [0.717, 1.165) is 0 Å². The highest BCUT2D eigenvalue weighted by molar-refractivity contribution is 8.00. The van der Waals surface area contributed by atoms with Gasteiger partial charge in [0.15, 0.2) is 0 Å². The number of thioether (sulfide) groups is 1. The normalized spacial score (nSPS) is 22.8. The molecule has 0 radical (unpaired) electrons. The predicted octanol–water partition coefficient (Wildman–Crippen LogP) is 3.14.